The van der Waals surface area contributed by atoms with Gasteiger partial charge in [-0.2, -0.15) is 0 Å². The molecule has 0 N–H and O–H groups in total. The second-order valence-electron chi connectivity index (χ2n) is 7.49. The van der Waals surface area contributed by atoms with Gasteiger partial charge in [-0.05, 0) is 68.7 Å². The SMILES string of the molecule is Cc1ccc(C)c(O[C@@H](C)C(=O)N2CCC(Cc3ccccc3)CC2)c1. The molecule has 3 nitrogen and oxygen atoms in total. The van der Waals surface area contributed by atoms with Gasteiger partial charge in [0.1, 0.15) is 5.75 Å². The van der Waals surface area contributed by atoms with Crippen LogP contribution in [0.2, 0.25) is 0 Å². The van der Waals surface area contributed by atoms with Crippen LogP contribution < -0.4 is 4.74 Å². The fourth-order valence-electron chi connectivity index (χ4n) is 3.64. The number of carbonyl (C=O) groups is 1. The molecule has 3 heteroatoms. The van der Waals surface area contributed by atoms with Crippen molar-refractivity contribution in [3.05, 3.63) is 65.2 Å². The molecule has 0 spiro atoms. The van der Waals surface area contributed by atoms with Crippen molar-refractivity contribution in [1.29, 1.82) is 0 Å². The predicted octanol–water partition coefficient (Wildman–Crippen LogP) is 4.55. The highest BCUT2D eigenvalue weighted by atomic mass is 16.5. The van der Waals surface area contributed by atoms with Gasteiger partial charge in [-0.15, -0.1) is 0 Å². The van der Waals surface area contributed by atoms with Gasteiger partial charge >= 0.3 is 0 Å². The Kier molecular flexibility index (Phi) is 5.97. The van der Waals surface area contributed by atoms with Crippen molar-refractivity contribution in [2.24, 2.45) is 5.92 Å². The van der Waals surface area contributed by atoms with E-state index in [-0.39, 0.29) is 5.91 Å². The average Bonchev–Trinajstić information content (AvgIpc) is 2.65. The number of piperidine rings is 1. The van der Waals surface area contributed by atoms with Crippen LogP contribution in [-0.2, 0) is 11.2 Å². The zero-order chi connectivity index (χ0) is 18.5. The Morgan fingerprint density at radius 2 is 1.81 bits per heavy atom. The molecule has 0 aromatic heterocycles. The lowest BCUT2D eigenvalue weighted by Gasteiger charge is -2.33. The van der Waals surface area contributed by atoms with Gasteiger partial charge < -0.3 is 9.64 Å². The average molecular weight is 351 g/mol. The molecule has 1 fully saturated rings. The van der Waals surface area contributed by atoms with E-state index in [0.29, 0.717) is 5.92 Å². The number of nitrogens with zero attached hydrogens (tertiary/aromatic N) is 1. The van der Waals surface area contributed by atoms with E-state index in [1.165, 1.54) is 5.56 Å². The van der Waals surface area contributed by atoms with Gasteiger partial charge in [0, 0.05) is 13.1 Å². The van der Waals surface area contributed by atoms with Gasteiger partial charge in [0.2, 0.25) is 0 Å². The predicted molar refractivity (Wildman–Crippen MR) is 105 cm³/mol. The normalized spacial score (nSPS) is 16.3. The molecular weight excluding hydrogens is 322 g/mol. The van der Waals surface area contributed by atoms with Crippen molar-refractivity contribution in [3.8, 4) is 5.75 Å². The van der Waals surface area contributed by atoms with Gasteiger partial charge in [-0.3, -0.25) is 4.79 Å². The highest BCUT2D eigenvalue weighted by Gasteiger charge is 2.27. The number of rotatable bonds is 5. The first-order valence-electron chi connectivity index (χ1n) is 9.59. The maximum Gasteiger partial charge on any atom is 0.263 e. The van der Waals surface area contributed by atoms with Crippen LogP contribution in [0.4, 0.5) is 0 Å². The molecule has 3 rings (SSSR count). The summed E-state index contributed by atoms with van der Waals surface area (Å²) in [4.78, 5) is 14.7. The molecule has 2 aromatic rings. The molecule has 138 valence electrons. The van der Waals surface area contributed by atoms with E-state index in [9.17, 15) is 4.79 Å². The minimum atomic E-state index is -0.443. The molecule has 0 saturated carbocycles. The van der Waals surface area contributed by atoms with E-state index in [2.05, 4.69) is 36.4 Å². The van der Waals surface area contributed by atoms with Crippen LogP contribution in [0.3, 0.4) is 0 Å². The van der Waals surface area contributed by atoms with Crippen molar-refractivity contribution in [3.63, 3.8) is 0 Å². The summed E-state index contributed by atoms with van der Waals surface area (Å²) in [6, 6.07) is 16.7. The molecule has 0 unspecified atom stereocenters. The lowest BCUT2D eigenvalue weighted by Crippen LogP contribution is -2.45. The van der Waals surface area contributed by atoms with E-state index in [4.69, 9.17) is 4.74 Å². The molecule has 2 aromatic carbocycles. The van der Waals surface area contributed by atoms with Crippen molar-refractivity contribution in [2.75, 3.05) is 13.1 Å². The molecule has 1 aliphatic rings. The topological polar surface area (TPSA) is 29.5 Å². The number of likely N-dealkylation sites (tertiary alicyclic amines) is 1. The fraction of sp³-hybridized carbons (Fsp3) is 0.435. The van der Waals surface area contributed by atoms with E-state index >= 15 is 0 Å². The van der Waals surface area contributed by atoms with Gasteiger partial charge in [0.05, 0.1) is 0 Å². The van der Waals surface area contributed by atoms with Crippen LogP contribution in [-0.4, -0.2) is 30.0 Å². The monoisotopic (exact) mass is 351 g/mol. The van der Waals surface area contributed by atoms with Crippen LogP contribution in [0.25, 0.3) is 0 Å². The minimum absolute atomic E-state index is 0.101. The Morgan fingerprint density at radius 3 is 2.50 bits per heavy atom. The quantitative estimate of drug-likeness (QED) is 0.791. The summed E-state index contributed by atoms with van der Waals surface area (Å²) in [7, 11) is 0. The van der Waals surface area contributed by atoms with Gasteiger partial charge in [-0.1, -0.05) is 42.5 Å². The van der Waals surface area contributed by atoms with Crippen LogP contribution in [0.15, 0.2) is 48.5 Å². The van der Waals surface area contributed by atoms with Gasteiger partial charge in [-0.25, -0.2) is 0 Å². The molecule has 1 saturated heterocycles. The summed E-state index contributed by atoms with van der Waals surface area (Å²) < 4.78 is 5.97. The fourth-order valence-corrected chi connectivity index (χ4v) is 3.64. The van der Waals surface area contributed by atoms with E-state index in [0.717, 1.165) is 49.2 Å². The Balaban J connectivity index is 1.52. The van der Waals surface area contributed by atoms with Crippen LogP contribution in [0, 0.1) is 19.8 Å². The Bertz CT molecular complexity index is 733. The third-order valence-corrected chi connectivity index (χ3v) is 5.29. The molecule has 26 heavy (non-hydrogen) atoms. The summed E-state index contributed by atoms with van der Waals surface area (Å²) in [5.41, 5.74) is 3.60. The zero-order valence-corrected chi connectivity index (χ0v) is 16.1. The van der Waals surface area contributed by atoms with Crippen molar-refractivity contribution in [1.82, 2.24) is 4.90 Å². The van der Waals surface area contributed by atoms with E-state index in [1.54, 1.807) is 0 Å². The summed E-state index contributed by atoms with van der Waals surface area (Å²) in [5.74, 6) is 1.57. The Labute approximate surface area is 157 Å². The molecule has 0 radical (unpaired) electrons. The van der Waals surface area contributed by atoms with Crippen LogP contribution in [0.5, 0.6) is 5.75 Å². The summed E-state index contributed by atoms with van der Waals surface area (Å²) in [5, 5.41) is 0. The molecule has 0 aliphatic carbocycles. The second kappa shape index (κ2) is 8.39. The third kappa shape index (κ3) is 4.66. The second-order valence-corrected chi connectivity index (χ2v) is 7.49. The maximum atomic E-state index is 12.8. The first-order chi connectivity index (χ1) is 12.5. The molecular formula is C23H29NO2. The lowest BCUT2D eigenvalue weighted by atomic mass is 9.90. The summed E-state index contributed by atoms with van der Waals surface area (Å²) in [6.45, 7) is 7.57. The number of hydrogen-bond acceptors (Lipinski definition) is 2. The highest BCUT2D eigenvalue weighted by molar-refractivity contribution is 5.81. The number of carbonyl (C=O) groups excluding carboxylic acids is 1. The standard InChI is InChI=1S/C23H29NO2/c1-17-9-10-18(2)22(15-17)26-19(3)23(25)24-13-11-21(12-14-24)16-20-7-5-4-6-8-20/h4-10,15,19,21H,11-14,16H2,1-3H3/t19-/m0/s1. The smallest absolute Gasteiger partial charge is 0.263 e. The molecule has 1 atom stereocenters. The Morgan fingerprint density at radius 1 is 1.12 bits per heavy atom. The first kappa shape index (κ1) is 18.5. The van der Waals surface area contributed by atoms with Crippen LogP contribution in [0.1, 0.15) is 36.5 Å². The largest absolute Gasteiger partial charge is 0.481 e. The number of amides is 1. The number of hydrogen-bond donors (Lipinski definition) is 0. The number of ether oxygens (including phenoxy) is 1. The summed E-state index contributed by atoms with van der Waals surface area (Å²) >= 11 is 0. The van der Waals surface area contributed by atoms with E-state index in [1.807, 2.05) is 37.8 Å². The van der Waals surface area contributed by atoms with Gasteiger partial charge in [0.15, 0.2) is 6.10 Å². The molecule has 1 heterocycles. The first-order valence-corrected chi connectivity index (χ1v) is 9.59. The van der Waals surface area contributed by atoms with Crippen molar-refractivity contribution in [2.45, 2.75) is 46.1 Å². The zero-order valence-electron chi connectivity index (χ0n) is 16.1. The molecule has 0 bridgehead atoms. The van der Waals surface area contributed by atoms with Crippen molar-refractivity contribution < 1.29 is 9.53 Å². The molecule has 1 aliphatic heterocycles. The number of benzene rings is 2. The highest BCUT2D eigenvalue weighted by Crippen LogP contribution is 2.24. The van der Waals surface area contributed by atoms with E-state index < -0.39 is 6.10 Å². The molecule has 1 amide bonds. The Hall–Kier alpha value is -2.29. The number of aryl methyl sites for hydroxylation is 2. The maximum absolute atomic E-state index is 12.8. The minimum Gasteiger partial charge on any atom is -0.481 e. The summed E-state index contributed by atoms with van der Waals surface area (Å²) in [6.07, 6.45) is 2.80. The third-order valence-electron chi connectivity index (χ3n) is 5.29. The van der Waals surface area contributed by atoms with Crippen molar-refractivity contribution >= 4 is 5.91 Å². The van der Waals surface area contributed by atoms with Gasteiger partial charge in [0.25, 0.3) is 5.91 Å². The lowest BCUT2D eigenvalue weighted by molar-refractivity contribution is -0.139. The van der Waals surface area contributed by atoms with Crippen LogP contribution >= 0.6 is 0 Å².